The highest BCUT2D eigenvalue weighted by atomic mass is 16.4. The summed E-state index contributed by atoms with van der Waals surface area (Å²) in [7, 11) is 0. The number of nitrogens with one attached hydrogen (secondary N) is 2. The van der Waals surface area contributed by atoms with Crippen molar-refractivity contribution in [2.75, 3.05) is 6.54 Å². The van der Waals surface area contributed by atoms with Crippen molar-refractivity contribution in [1.29, 1.82) is 0 Å². The number of aliphatic carboxylic acids is 1. The van der Waals surface area contributed by atoms with Crippen molar-refractivity contribution in [1.82, 2.24) is 10.3 Å². The lowest BCUT2D eigenvalue weighted by Gasteiger charge is -2.15. The largest absolute Gasteiger partial charge is 0.494 e. The maximum atomic E-state index is 11.8. The van der Waals surface area contributed by atoms with Gasteiger partial charge in [-0.1, -0.05) is 13.8 Å². The summed E-state index contributed by atoms with van der Waals surface area (Å²) in [5.41, 5.74) is -0.618. The van der Waals surface area contributed by atoms with Gasteiger partial charge in [0.2, 0.25) is 0 Å². The molecule has 1 aromatic rings. The van der Waals surface area contributed by atoms with Crippen molar-refractivity contribution >= 4 is 11.9 Å². The minimum atomic E-state index is -0.979. The van der Waals surface area contributed by atoms with Crippen LogP contribution < -0.4 is 10.9 Å². The number of amides is 1. The van der Waals surface area contributed by atoms with Gasteiger partial charge in [0.25, 0.3) is 11.5 Å². The van der Waals surface area contributed by atoms with Crippen LogP contribution in [0.5, 0.6) is 5.88 Å². The summed E-state index contributed by atoms with van der Waals surface area (Å²) in [6, 6.07) is 2.14. The van der Waals surface area contributed by atoms with Crippen LogP contribution in [0.3, 0.4) is 0 Å². The molecular formula is C13H18N2O5. The van der Waals surface area contributed by atoms with Gasteiger partial charge >= 0.3 is 5.97 Å². The highest BCUT2D eigenvalue weighted by Gasteiger charge is 2.20. The highest BCUT2D eigenvalue weighted by molar-refractivity contribution is 5.94. The lowest BCUT2D eigenvalue weighted by Crippen LogP contribution is -2.34. The molecule has 1 atom stereocenters. The third kappa shape index (κ3) is 4.75. The molecule has 7 nitrogen and oxygen atoms in total. The molecule has 0 aromatic carbocycles. The van der Waals surface area contributed by atoms with Crippen LogP contribution in [0.4, 0.5) is 0 Å². The molecule has 1 heterocycles. The molecule has 110 valence electrons. The van der Waals surface area contributed by atoms with E-state index in [9.17, 15) is 19.5 Å². The summed E-state index contributed by atoms with van der Waals surface area (Å²) in [6.45, 7) is 3.76. The Hall–Kier alpha value is -2.31. The topological polar surface area (TPSA) is 119 Å². The summed E-state index contributed by atoms with van der Waals surface area (Å²) < 4.78 is 0. The maximum absolute atomic E-state index is 11.8. The van der Waals surface area contributed by atoms with Crippen LogP contribution in [0.1, 0.15) is 30.6 Å². The van der Waals surface area contributed by atoms with Gasteiger partial charge in [0, 0.05) is 18.7 Å². The fraction of sp³-hybridized carbons (Fsp3) is 0.462. The lowest BCUT2D eigenvalue weighted by atomic mass is 9.97. The number of carboxylic acids is 1. The Bertz CT molecular complexity index is 550. The predicted molar refractivity (Wildman–Crippen MR) is 71.6 cm³/mol. The first-order valence-corrected chi connectivity index (χ1v) is 6.24. The van der Waals surface area contributed by atoms with Crippen LogP contribution in [0.25, 0.3) is 0 Å². The van der Waals surface area contributed by atoms with Gasteiger partial charge in [0.1, 0.15) is 0 Å². The van der Waals surface area contributed by atoms with Crippen LogP contribution in [0.15, 0.2) is 16.9 Å². The van der Waals surface area contributed by atoms with E-state index in [1.165, 1.54) is 0 Å². The molecule has 0 spiro atoms. The normalized spacial score (nSPS) is 12.2. The Morgan fingerprint density at radius 2 is 2.00 bits per heavy atom. The van der Waals surface area contributed by atoms with Crippen LogP contribution in [0, 0.1) is 11.8 Å². The second-order valence-corrected chi connectivity index (χ2v) is 4.99. The van der Waals surface area contributed by atoms with E-state index in [0.29, 0.717) is 6.42 Å². The summed E-state index contributed by atoms with van der Waals surface area (Å²) in [4.78, 5) is 36.1. The first-order chi connectivity index (χ1) is 9.29. The van der Waals surface area contributed by atoms with Gasteiger partial charge in [-0.25, -0.2) is 0 Å². The SMILES string of the molecule is CC(C)CC(CNC(=O)c1cc(O)[nH]c(=O)c1)C(=O)O. The fourth-order valence-corrected chi connectivity index (χ4v) is 1.82. The van der Waals surface area contributed by atoms with E-state index >= 15 is 0 Å². The molecule has 0 bridgehead atoms. The second kappa shape index (κ2) is 6.74. The van der Waals surface area contributed by atoms with Gasteiger partial charge < -0.3 is 15.5 Å². The molecule has 0 saturated heterocycles. The number of hydrogen-bond donors (Lipinski definition) is 4. The minimum absolute atomic E-state index is 0.0139. The summed E-state index contributed by atoms with van der Waals surface area (Å²) in [6.07, 6.45) is 0.441. The average Bonchev–Trinajstić information content (AvgIpc) is 2.32. The number of carbonyl (C=O) groups is 2. The molecule has 0 aliphatic rings. The molecule has 1 aromatic heterocycles. The molecule has 0 aliphatic heterocycles. The lowest BCUT2D eigenvalue weighted by molar-refractivity contribution is -0.142. The molecule has 7 heteroatoms. The number of rotatable bonds is 6. The number of aromatic hydroxyl groups is 1. The smallest absolute Gasteiger partial charge is 0.308 e. The van der Waals surface area contributed by atoms with Crippen LogP contribution in [-0.4, -0.2) is 33.6 Å². The maximum Gasteiger partial charge on any atom is 0.308 e. The standard InChI is InChI=1S/C13H18N2O5/c1-7(2)3-9(13(19)20)6-14-12(18)8-4-10(16)15-11(17)5-8/h4-5,7,9H,3,6H2,1-2H3,(H,14,18)(H,19,20)(H2,15,16,17). The molecule has 1 rings (SSSR count). The third-order valence-corrected chi connectivity index (χ3v) is 2.71. The van der Waals surface area contributed by atoms with Crippen molar-refractivity contribution in [3.63, 3.8) is 0 Å². The molecule has 0 fully saturated rings. The van der Waals surface area contributed by atoms with E-state index in [1.807, 2.05) is 13.8 Å². The summed E-state index contributed by atoms with van der Waals surface area (Å²) in [5, 5.41) is 20.7. The van der Waals surface area contributed by atoms with Gasteiger partial charge in [-0.2, -0.15) is 0 Å². The van der Waals surface area contributed by atoms with Gasteiger partial charge in [0.05, 0.1) is 11.5 Å². The van der Waals surface area contributed by atoms with E-state index in [0.717, 1.165) is 12.1 Å². The van der Waals surface area contributed by atoms with Crippen molar-refractivity contribution in [3.8, 4) is 5.88 Å². The Labute approximate surface area is 115 Å². The monoisotopic (exact) mass is 282 g/mol. The number of aromatic nitrogens is 1. The zero-order valence-electron chi connectivity index (χ0n) is 11.3. The average molecular weight is 282 g/mol. The van der Waals surface area contributed by atoms with Crippen LogP contribution >= 0.6 is 0 Å². The summed E-state index contributed by atoms with van der Waals surface area (Å²) >= 11 is 0. The van der Waals surface area contributed by atoms with Gasteiger partial charge in [-0.15, -0.1) is 0 Å². The molecule has 1 amide bonds. The molecule has 4 N–H and O–H groups in total. The van der Waals surface area contributed by atoms with Crippen molar-refractivity contribution in [2.24, 2.45) is 11.8 Å². The van der Waals surface area contributed by atoms with Crippen molar-refractivity contribution in [2.45, 2.75) is 20.3 Å². The zero-order chi connectivity index (χ0) is 15.3. The second-order valence-electron chi connectivity index (χ2n) is 4.99. The van der Waals surface area contributed by atoms with Gasteiger partial charge in [-0.3, -0.25) is 19.4 Å². The summed E-state index contributed by atoms with van der Waals surface area (Å²) in [5.74, 6) is -2.49. The zero-order valence-corrected chi connectivity index (χ0v) is 11.3. The van der Waals surface area contributed by atoms with Crippen molar-refractivity contribution in [3.05, 3.63) is 28.0 Å². The van der Waals surface area contributed by atoms with Crippen LogP contribution in [-0.2, 0) is 4.79 Å². The first kappa shape index (κ1) is 15.7. The Kier molecular flexibility index (Phi) is 5.31. The minimum Gasteiger partial charge on any atom is -0.494 e. The Morgan fingerprint density at radius 1 is 1.35 bits per heavy atom. The molecule has 0 saturated carbocycles. The number of aromatic amines is 1. The van der Waals surface area contributed by atoms with Gasteiger partial charge in [0.15, 0.2) is 5.88 Å². The number of hydrogen-bond acceptors (Lipinski definition) is 4. The van der Waals surface area contributed by atoms with Gasteiger partial charge in [-0.05, 0) is 12.3 Å². The fourth-order valence-electron chi connectivity index (χ4n) is 1.82. The number of H-pyrrole nitrogens is 1. The predicted octanol–water partition coefficient (Wildman–Crippen LogP) is 0.557. The van der Waals surface area contributed by atoms with E-state index in [4.69, 9.17) is 5.11 Å². The molecule has 0 radical (unpaired) electrons. The van der Waals surface area contributed by atoms with E-state index in [1.54, 1.807) is 0 Å². The number of pyridine rings is 1. The Morgan fingerprint density at radius 3 is 2.50 bits per heavy atom. The molecule has 20 heavy (non-hydrogen) atoms. The third-order valence-electron chi connectivity index (χ3n) is 2.71. The highest BCUT2D eigenvalue weighted by Crippen LogP contribution is 2.11. The quantitative estimate of drug-likeness (QED) is 0.607. The van der Waals surface area contributed by atoms with E-state index in [-0.39, 0.29) is 18.0 Å². The number of carboxylic acid groups (broad SMARTS) is 1. The van der Waals surface area contributed by atoms with Crippen molar-refractivity contribution < 1.29 is 19.8 Å². The van der Waals surface area contributed by atoms with Crippen LogP contribution in [0.2, 0.25) is 0 Å². The molecule has 1 unspecified atom stereocenters. The number of carbonyl (C=O) groups excluding carboxylic acids is 1. The van der Waals surface area contributed by atoms with E-state index in [2.05, 4.69) is 10.3 Å². The molecule has 0 aliphatic carbocycles. The first-order valence-electron chi connectivity index (χ1n) is 6.24. The molecular weight excluding hydrogens is 264 g/mol. The van der Waals surface area contributed by atoms with E-state index < -0.39 is 29.2 Å². The Balaban J connectivity index is 2.70.